The molecule has 0 unspecified atom stereocenters. The molecule has 5 aliphatic rings. The van der Waals surface area contributed by atoms with E-state index in [-0.39, 0.29) is 54.9 Å². The van der Waals surface area contributed by atoms with Gasteiger partial charge in [0, 0.05) is 75.5 Å². The maximum absolute atomic E-state index is 15.0. The monoisotopic (exact) mass is 798 g/mol. The predicted molar refractivity (Wildman–Crippen MR) is 204 cm³/mol. The highest BCUT2D eigenvalue weighted by Gasteiger charge is 2.56. The number of rotatable bonds is 8. The number of para-hydroxylation sites is 1. The molecule has 0 aliphatic carbocycles. The van der Waals surface area contributed by atoms with Crippen LogP contribution in [0.4, 0.5) is 30.4 Å². The number of fused-ring (bicyclic) bond motifs is 4. The number of carbonyl (C=O) groups excluding carboxylic acids is 3. The minimum absolute atomic E-state index is 0.0113. The average Bonchev–Trinajstić information content (AvgIpc) is 3.76. The zero-order valence-corrected chi connectivity index (χ0v) is 31.8. The number of nitrogens with one attached hydrogen (secondary N) is 2. The Kier molecular flexibility index (Phi) is 9.32. The fraction of sp³-hybridized carbons (Fsp3) is 0.425. The number of anilines is 3. The highest BCUT2D eigenvalue weighted by Crippen LogP contribution is 2.46. The molecule has 0 bridgehead atoms. The van der Waals surface area contributed by atoms with Crippen LogP contribution in [0.15, 0.2) is 42.5 Å². The van der Waals surface area contributed by atoms with Crippen LogP contribution in [0.1, 0.15) is 52.3 Å². The topological polar surface area (TPSA) is 169 Å². The van der Waals surface area contributed by atoms with Gasteiger partial charge in [-0.05, 0) is 56.2 Å². The molecule has 3 amide bonds. The molecule has 0 spiro atoms. The summed E-state index contributed by atoms with van der Waals surface area (Å²) in [5.41, 5.74) is 3.33. The number of halogens is 3. The second-order valence-electron chi connectivity index (χ2n) is 15.6. The van der Waals surface area contributed by atoms with E-state index in [1.165, 1.54) is 18.2 Å². The molecule has 2 aromatic heterocycles. The van der Waals surface area contributed by atoms with E-state index in [4.69, 9.17) is 14.7 Å². The Balaban J connectivity index is 0.844. The van der Waals surface area contributed by atoms with Gasteiger partial charge in [-0.3, -0.25) is 24.6 Å². The summed E-state index contributed by atoms with van der Waals surface area (Å²) in [6, 6.07) is 10.7. The normalized spacial score (nSPS) is 23.1. The highest BCUT2D eigenvalue weighted by molar-refractivity contribution is 6.05. The first-order valence-electron chi connectivity index (χ1n) is 19.3. The number of phenolic OH excluding ortho intramolecular Hbond substituents is 1. The smallest absolute Gasteiger partial charge is 0.263 e. The summed E-state index contributed by atoms with van der Waals surface area (Å²) in [4.78, 5) is 54.7. The van der Waals surface area contributed by atoms with Gasteiger partial charge in [-0.2, -0.15) is 0 Å². The number of carbonyl (C=O) groups is 3. The van der Waals surface area contributed by atoms with Crippen LogP contribution in [0, 0.1) is 19.7 Å². The number of amides is 3. The van der Waals surface area contributed by atoms with E-state index in [0.29, 0.717) is 48.0 Å². The number of piperidine rings is 1. The number of hydrogen-bond donors (Lipinski definition) is 3. The standard InChI is InChI=1S/C40H41F3N10O5/c1-21-30(19-50-10-12-51(13-11-50)24-7-6-23-17-52(38(57)27(23)14-24)31-8-9-33(54)47-36(31)56)45-22(2)37(46-21)58-25-16-40(39(42)43)20-44-35-32(53(40)18-25)15-29(48-49-35)26-4-3-5-28(41)34(26)55/h3-7,14-15,25,31,39,55H,8-13,16-20H2,1-2H3,(H,44,49)(H,47,54,56)/t25-,31+,40+/m1/s1. The van der Waals surface area contributed by atoms with Crippen LogP contribution in [0.3, 0.4) is 0 Å². The number of hydrogen-bond acceptors (Lipinski definition) is 13. The summed E-state index contributed by atoms with van der Waals surface area (Å²) in [6.07, 6.45) is -2.90. The van der Waals surface area contributed by atoms with Crippen molar-refractivity contribution in [2.24, 2.45) is 0 Å². The molecule has 3 N–H and O–H groups in total. The molecule has 5 aliphatic heterocycles. The number of piperazine rings is 1. The van der Waals surface area contributed by atoms with Gasteiger partial charge in [0.1, 0.15) is 17.7 Å². The van der Waals surface area contributed by atoms with Crippen LogP contribution in [-0.4, -0.2) is 116 Å². The number of benzene rings is 2. The molecule has 7 heterocycles. The number of phenols is 1. The van der Waals surface area contributed by atoms with E-state index in [1.54, 1.807) is 16.7 Å². The van der Waals surface area contributed by atoms with Crippen LogP contribution < -0.4 is 25.2 Å². The molecule has 4 aromatic rings. The lowest BCUT2D eigenvalue weighted by Gasteiger charge is -2.43. The van der Waals surface area contributed by atoms with E-state index in [9.17, 15) is 32.7 Å². The van der Waals surface area contributed by atoms with Gasteiger partial charge in [-0.1, -0.05) is 12.1 Å². The third-order valence-electron chi connectivity index (χ3n) is 12.0. The molecule has 15 nitrogen and oxygen atoms in total. The maximum Gasteiger partial charge on any atom is 0.263 e. The summed E-state index contributed by atoms with van der Waals surface area (Å²) in [5.74, 6) is -1.81. The Morgan fingerprint density at radius 1 is 1.00 bits per heavy atom. The molecular formula is C40H41F3N10O5. The summed E-state index contributed by atoms with van der Waals surface area (Å²) in [7, 11) is 0. The van der Waals surface area contributed by atoms with Crippen LogP contribution in [-0.2, 0) is 22.7 Å². The fourth-order valence-corrected chi connectivity index (χ4v) is 8.79. The lowest BCUT2D eigenvalue weighted by molar-refractivity contribution is -0.136. The molecule has 58 heavy (non-hydrogen) atoms. The fourth-order valence-electron chi connectivity index (χ4n) is 8.79. The zero-order chi connectivity index (χ0) is 40.5. The Morgan fingerprint density at radius 3 is 2.59 bits per heavy atom. The van der Waals surface area contributed by atoms with Crippen molar-refractivity contribution in [3.8, 4) is 22.9 Å². The SMILES string of the molecule is Cc1nc(O[C@H]2CN3c4cc(-c5cccc(F)c5O)nnc4NC[C@]3(C(F)F)C2)c(C)nc1CN1CCN(c2ccc3c(c2)C(=O)N([C@H]2CCC(=O)NC2=O)C3)CC1. The van der Waals surface area contributed by atoms with Gasteiger partial charge in [0.25, 0.3) is 12.3 Å². The summed E-state index contributed by atoms with van der Waals surface area (Å²) in [5, 5.41) is 24.0. The van der Waals surface area contributed by atoms with Crippen LogP contribution >= 0.6 is 0 Å². The first-order valence-corrected chi connectivity index (χ1v) is 19.3. The second kappa shape index (κ2) is 14.4. The number of aromatic hydroxyl groups is 1. The first kappa shape index (κ1) is 37.5. The molecule has 18 heteroatoms. The van der Waals surface area contributed by atoms with Crippen molar-refractivity contribution >= 4 is 34.9 Å². The van der Waals surface area contributed by atoms with Gasteiger partial charge >= 0.3 is 0 Å². The Bertz CT molecular complexity index is 2340. The van der Waals surface area contributed by atoms with Crippen LogP contribution in [0.5, 0.6) is 11.6 Å². The van der Waals surface area contributed by atoms with E-state index in [0.717, 1.165) is 49.2 Å². The quantitative estimate of drug-likeness (QED) is 0.222. The van der Waals surface area contributed by atoms with Gasteiger partial charge < -0.3 is 29.9 Å². The second-order valence-corrected chi connectivity index (χ2v) is 15.6. The van der Waals surface area contributed by atoms with Crippen molar-refractivity contribution in [2.75, 3.05) is 54.4 Å². The van der Waals surface area contributed by atoms with Crippen molar-refractivity contribution in [3.63, 3.8) is 0 Å². The molecule has 9 rings (SSSR count). The Hall–Kier alpha value is -6.04. The molecule has 2 aromatic carbocycles. The third-order valence-corrected chi connectivity index (χ3v) is 12.0. The van der Waals surface area contributed by atoms with E-state index >= 15 is 0 Å². The van der Waals surface area contributed by atoms with Crippen molar-refractivity contribution < 1.29 is 37.4 Å². The molecule has 0 radical (unpaired) electrons. The van der Waals surface area contributed by atoms with Crippen LogP contribution in [0.2, 0.25) is 0 Å². The maximum atomic E-state index is 15.0. The van der Waals surface area contributed by atoms with Crippen molar-refractivity contribution in [1.29, 1.82) is 0 Å². The number of ether oxygens (including phenoxy) is 1. The molecular weight excluding hydrogens is 757 g/mol. The van der Waals surface area contributed by atoms with E-state index in [1.807, 2.05) is 25.1 Å². The van der Waals surface area contributed by atoms with E-state index in [2.05, 4.69) is 30.6 Å². The Morgan fingerprint density at radius 2 is 1.81 bits per heavy atom. The third kappa shape index (κ3) is 6.48. The van der Waals surface area contributed by atoms with E-state index < -0.39 is 41.6 Å². The lowest BCUT2D eigenvalue weighted by Crippen LogP contribution is -2.57. The highest BCUT2D eigenvalue weighted by atomic mass is 19.3. The summed E-state index contributed by atoms with van der Waals surface area (Å²) in [6.45, 7) is 7.44. The largest absolute Gasteiger partial charge is 0.504 e. The van der Waals surface area contributed by atoms with Gasteiger partial charge in [0.15, 0.2) is 17.4 Å². The lowest BCUT2D eigenvalue weighted by atomic mass is 9.93. The predicted octanol–water partition coefficient (Wildman–Crippen LogP) is 3.57. The average molecular weight is 799 g/mol. The first-order chi connectivity index (χ1) is 27.9. The van der Waals surface area contributed by atoms with Crippen molar-refractivity contribution in [3.05, 3.63) is 76.5 Å². The van der Waals surface area contributed by atoms with Crippen molar-refractivity contribution in [1.82, 2.24) is 35.3 Å². The number of aromatic nitrogens is 4. The molecule has 302 valence electrons. The molecule has 3 fully saturated rings. The number of aryl methyl sites for hydroxylation is 2. The van der Waals surface area contributed by atoms with Gasteiger partial charge in [0.2, 0.25) is 17.7 Å². The zero-order valence-electron chi connectivity index (χ0n) is 31.8. The Labute approximate surface area is 331 Å². The molecule has 3 atom stereocenters. The number of alkyl halides is 2. The number of imide groups is 1. The summed E-state index contributed by atoms with van der Waals surface area (Å²) >= 11 is 0. The molecule has 3 saturated heterocycles. The minimum atomic E-state index is -2.75. The van der Waals surface area contributed by atoms with Gasteiger partial charge in [-0.25, -0.2) is 23.1 Å². The van der Waals surface area contributed by atoms with Crippen molar-refractivity contribution in [2.45, 2.75) is 70.3 Å². The van der Waals surface area contributed by atoms with Crippen LogP contribution in [0.25, 0.3) is 11.3 Å². The molecule has 0 saturated carbocycles. The number of nitrogens with zero attached hydrogens (tertiary/aromatic N) is 8. The summed E-state index contributed by atoms with van der Waals surface area (Å²) < 4.78 is 50.5. The van der Waals surface area contributed by atoms with Gasteiger partial charge in [0.05, 0.1) is 35.0 Å². The van der Waals surface area contributed by atoms with Gasteiger partial charge in [-0.15, -0.1) is 10.2 Å². The minimum Gasteiger partial charge on any atom is -0.504 e.